The van der Waals surface area contributed by atoms with Crippen molar-refractivity contribution in [3.05, 3.63) is 41.0 Å². The SMILES string of the molecule is CC.Cc1cn[nH]c1-c1ccccc1Cl. The second-order valence-corrected chi connectivity index (χ2v) is 3.32. The quantitative estimate of drug-likeness (QED) is 0.775. The summed E-state index contributed by atoms with van der Waals surface area (Å²) in [5.41, 5.74) is 3.10. The van der Waals surface area contributed by atoms with Gasteiger partial charge < -0.3 is 0 Å². The average Bonchev–Trinajstić information content (AvgIpc) is 2.68. The van der Waals surface area contributed by atoms with Gasteiger partial charge in [0.25, 0.3) is 0 Å². The van der Waals surface area contributed by atoms with Gasteiger partial charge in [0.15, 0.2) is 0 Å². The van der Waals surface area contributed by atoms with Gasteiger partial charge in [0.05, 0.1) is 11.9 Å². The summed E-state index contributed by atoms with van der Waals surface area (Å²) in [6.07, 6.45) is 1.79. The third-order valence-electron chi connectivity index (χ3n) is 1.97. The maximum Gasteiger partial charge on any atom is 0.0694 e. The minimum Gasteiger partial charge on any atom is -0.278 e. The molecule has 0 atom stereocenters. The summed E-state index contributed by atoms with van der Waals surface area (Å²) in [4.78, 5) is 0. The molecular formula is C12H15ClN2. The zero-order chi connectivity index (χ0) is 11.3. The number of H-pyrrole nitrogens is 1. The van der Waals surface area contributed by atoms with E-state index in [4.69, 9.17) is 11.6 Å². The predicted octanol–water partition coefficient (Wildman–Crippen LogP) is 4.06. The van der Waals surface area contributed by atoms with Crippen LogP contribution in [0.5, 0.6) is 0 Å². The molecule has 3 heteroatoms. The fraction of sp³-hybridized carbons (Fsp3) is 0.250. The lowest BCUT2D eigenvalue weighted by molar-refractivity contribution is 1.10. The molecule has 0 aliphatic heterocycles. The highest BCUT2D eigenvalue weighted by Gasteiger charge is 2.06. The van der Waals surface area contributed by atoms with Crippen LogP contribution >= 0.6 is 11.6 Å². The number of hydrogen-bond acceptors (Lipinski definition) is 1. The van der Waals surface area contributed by atoms with Crippen molar-refractivity contribution >= 4 is 11.6 Å². The van der Waals surface area contributed by atoms with E-state index < -0.39 is 0 Å². The highest BCUT2D eigenvalue weighted by atomic mass is 35.5. The molecule has 15 heavy (non-hydrogen) atoms. The van der Waals surface area contributed by atoms with Crippen LogP contribution in [0.3, 0.4) is 0 Å². The molecule has 0 bridgehead atoms. The normalized spacial score (nSPS) is 9.33. The first-order valence-corrected chi connectivity index (χ1v) is 5.41. The van der Waals surface area contributed by atoms with E-state index in [0.717, 1.165) is 21.8 Å². The van der Waals surface area contributed by atoms with E-state index in [0.29, 0.717) is 0 Å². The number of aryl methyl sites for hydroxylation is 1. The summed E-state index contributed by atoms with van der Waals surface area (Å²) >= 11 is 6.04. The van der Waals surface area contributed by atoms with Crippen molar-refractivity contribution in [2.75, 3.05) is 0 Å². The fourth-order valence-corrected chi connectivity index (χ4v) is 1.51. The van der Waals surface area contributed by atoms with Crippen molar-refractivity contribution in [3.63, 3.8) is 0 Å². The number of benzene rings is 1. The van der Waals surface area contributed by atoms with Crippen LogP contribution in [-0.2, 0) is 0 Å². The molecule has 0 aliphatic rings. The molecule has 2 rings (SSSR count). The van der Waals surface area contributed by atoms with Crippen molar-refractivity contribution in [3.8, 4) is 11.3 Å². The van der Waals surface area contributed by atoms with Crippen LogP contribution in [0.15, 0.2) is 30.5 Å². The topological polar surface area (TPSA) is 28.7 Å². The van der Waals surface area contributed by atoms with E-state index >= 15 is 0 Å². The van der Waals surface area contributed by atoms with Gasteiger partial charge in [0.1, 0.15) is 0 Å². The summed E-state index contributed by atoms with van der Waals surface area (Å²) in [6.45, 7) is 6.00. The molecule has 0 saturated heterocycles. The van der Waals surface area contributed by atoms with Crippen molar-refractivity contribution in [2.45, 2.75) is 20.8 Å². The number of aromatic nitrogens is 2. The molecule has 0 radical (unpaired) electrons. The van der Waals surface area contributed by atoms with Gasteiger partial charge in [-0.3, -0.25) is 5.10 Å². The van der Waals surface area contributed by atoms with Gasteiger partial charge in [-0.1, -0.05) is 43.6 Å². The minimum absolute atomic E-state index is 0.745. The first kappa shape index (κ1) is 11.8. The minimum atomic E-state index is 0.745. The third-order valence-corrected chi connectivity index (χ3v) is 2.30. The molecule has 2 nitrogen and oxygen atoms in total. The van der Waals surface area contributed by atoms with Crippen molar-refractivity contribution in [1.29, 1.82) is 0 Å². The highest BCUT2D eigenvalue weighted by Crippen LogP contribution is 2.27. The molecule has 0 amide bonds. The van der Waals surface area contributed by atoms with Crippen molar-refractivity contribution in [1.82, 2.24) is 10.2 Å². The smallest absolute Gasteiger partial charge is 0.0694 e. The summed E-state index contributed by atoms with van der Waals surface area (Å²) in [7, 11) is 0. The first-order chi connectivity index (χ1) is 7.29. The molecule has 0 aliphatic carbocycles. The van der Waals surface area contributed by atoms with Gasteiger partial charge in [-0.05, 0) is 18.6 Å². The lowest BCUT2D eigenvalue weighted by atomic mass is 10.1. The lowest BCUT2D eigenvalue weighted by Crippen LogP contribution is -1.81. The zero-order valence-corrected chi connectivity index (χ0v) is 9.97. The number of hydrogen-bond donors (Lipinski definition) is 1. The number of aromatic amines is 1. The zero-order valence-electron chi connectivity index (χ0n) is 9.21. The van der Waals surface area contributed by atoms with Crippen LogP contribution in [0, 0.1) is 6.92 Å². The molecular weight excluding hydrogens is 208 g/mol. The van der Waals surface area contributed by atoms with E-state index in [-0.39, 0.29) is 0 Å². The maximum atomic E-state index is 6.04. The van der Waals surface area contributed by atoms with E-state index in [9.17, 15) is 0 Å². The maximum absolute atomic E-state index is 6.04. The summed E-state index contributed by atoms with van der Waals surface area (Å²) in [5.74, 6) is 0. The monoisotopic (exact) mass is 222 g/mol. The van der Waals surface area contributed by atoms with Crippen LogP contribution in [0.1, 0.15) is 19.4 Å². The molecule has 1 aromatic heterocycles. The second kappa shape index (κ2) is 5.56. The Morgan fingerprint density at radius 1 is 1.20 bits per heavy atom. The molecule has 0 unspecified atom stereocenters. The summed E-state index contributed by atoms with van der Waals surface area (Å²) in [6, 6.07) is 7.72. The van der Waals surface area contributed by atoms with Crippen LogP contribution in [0.2, 0.25) is 5.02 Å². The summed E-state index contributed by atoms with van der Waals surface area (Å²) < 4.78 is 0. The van der Waals surface area contributed by atoms with E-state index in [1.807, 2.05) is 45.0 Å². The van der Waals surface area contributed by atoms with Crippen LogP contribution < -0.4 is 0 Å². The first-order valence-electron chi connectivity index (χ1n) is 5.04. The van der Waals surface area contributed by atoms with E-state index in [1.54, 1.807) is 6.20 Å². The van der Waals surface area contributed by atoms with Crippen LogP contribution in [0.25, 0.3) is 11.3 Å². The Hall–Kier alpha value is -1.28. The van der Waals surface area contributed by atoms with E-state index in [1.165, 1.54) is 0 Å². The fourth-order valence-electron chi connectivity index (χ4n) is 1.28. The Morgan fingerprint density at radius 2 is 1.87 bits per heavy atom. The number of nitrogens with zero attached hydrogens (tertiary/aromatic N) is 1. The van der Waals surface area contributed by atoms with Crippen molar-refractivity contribution in [2.24, 2.45) is 0 Å². The van der Waals surface area contributed by atoms with Gasteiger partial charge in [-0.25, -0.2) is 0 Å². The predicted molar refractivity (Wildman–Crippen MR) is 65.1 cm³/mol. The lowest BCUT2D eigenvalue weighted by Gasteiger charge is -2.01. The van der Waals surface area contributed by atoms with Crippen molar-refractivity contribution < 1.29 is 0 Å². The van der Waals surface area contributed by atoms with Crippen LogP contribution in [-0.4, -0.2) is 10.2 Å². The largest absolute Gasteiger partial charge is 0.278 e. The highest BCUT2D eigenvalue weighted by molar-refractivity contribution is 6.33. The number of halogens is 1. The van der Waals surface area contributed by atoms with Gasteiger partial charge in [-0.2, -0.15) is 5.10 Å². The molecule has 0 saturated carbocycles. The van der Waals surface area contributed by atoms with E-state index in [2.05, 4.69) is 10.2 Å². The Morgan fingerprint density at radius 3 is 2.40 bits per heavy atom. The molecule has 1 heterocycles. The van der Waals surface area contributed by atoms with Gasteiger partial charge in [0, 0.05) is 10.6 Å². The Labute approximate surface area is 95.3 Å². The Bertz CT molecular complexity index is 421. The van der Waals surface area contributed by atoms with Gasteiger partial charge >= 0.3 is 0 Å². The molecule has 1 N–H and O–H groups in total. The second-order valence-electron chi connectivity index (χ2n) is 2.91. The number of nitrogens with one attached hydrogen (secondary N) is 1. The molecule has 2 aromatic rings. The number of rotatable bonds is 1. The molecule has 80 valence electrons. The van der Waals surface area contributed by atoms with Gasteiger partial charge in [-0.15, -0.1) is 0 Å². The third kappa shape index (κ3) is 2.60. The average molecular weight is 223 g/mol. The van der Waals surface area contributed by atoms with Gasteiger partial charge in [0.2, 0.25) is 0 Å². The molecule has 0 spiro atoms. The van der Waals surface area contributed by atoms with Crippen LogP contribution in [0.4, 0.5) is 0 Å². The Balaban J connectivity index is 0.000000531. The Kier molecular flexibility index (Phi) is 4.37. The summed E-state index contributed by atoms with van der Waals surface area (Å²) in [5, 5.41) is 7.63. The molecule has 1 aromatic carbocycles. The standard InChI is InChI=1S/C10H9ClN2.C2H6/c1-7-6-12-13-10(7)8-4-2-3-5-9(8)11;1-2/h2-6H,1H3,(H,12,13);1-2H3. The molecule has 0 fully saturated rings.